The maximum absolute atomic E-state index is 14.2. The van der Waals surface area contributed by atoms with E-state index in [-0.39, 0.29) is 29.8 Å². The number of hydrogen-bond acceptors (Lipinski definition) is 7. The fraction of sp³-hybridized carbons (Fsp3) is 0.308. The molecular formula is C26H30FN5O5S. The Morgan fingerprint density at radius 2 is 1.63 bits per heavy atom. The maximum Gasteiger partial charge on any atom is 0.309 e. The fourth-order valence-corrected chi connectivity index (χ4v) is 4.90. The van der Waals surface area contributed by atoms with Gasteiger partial charge in [0.1, 0.15) is 11.6 Å². The zero-order valence-corrected chi connectivity index (χ0v) is 21.5. The summed E-state index contributed by atoms with van der Waals surface area (Å²) in [6.07, 6.45) is 1.97. The Morgan fingerprint density at radius 3 is 2.26 bits per heavy atom. The largest absolute Gasteiger partial charge is 0.468 e. The molecule has 0 bridgehead atoms. The van der Waals surface area contributed by atoms with E-state index in [1.807, 2.05) is 11.0 Å². The van der Waals surface area contributed by atoms with E-state index in [0.29, 0.717) is 44.0 Å². The summed E-state index contributed by atoms with van der Waals surface area (Å²) in [6, 6.07) is 16.0. The Balaban J connectivity index is 1.27. The third kappa shape index (κ3) is 6.97. The topological polar surface area (TPSA) is 138 Å². The molecule has 38 heavy (non-hydrogen) atoms. The van der Waals surface area contributed by atoms with Crippen molar-refractivity contribution in [3.05, 3.63) is 84.1 Å². The molecule has 1 fully saturated rings. The van der Waals surface area contributed by atoms with Gasteiger partial charge in [-0.1, -0.05) is 24.3 Å². The van der Waals surface area contributed by atoms with Crippen LogP contribution in [0.4, 0.5) is 10.1 Å². The lowest BCUT2D eigenvalue weighted by molar-refractivity contribution is -0.139. The monoisotopic (exact) mass is 543 g/mol. The smallest absolute Gasteiger partial charge is 0.309 e. The molecule has 0 aliphatic carbocycles. The summed E-state index contributed by atoms with van der Waals surface area (Å²) < 4.78 is 42.5. The minimum absolute atomic E-state index is 0.00409. The van der Waals surface area contributed by atoms with Crippen LogP contribution in [0.1, 0.15) is 17.4 Å². The van der Waals surface area contributed by atoms with Gasteiger partial charge in [0.2, 0.25) is 10.0 Å². The van der Waals surface area contributed by atoms with Crippen molar-refractivity contribution >= 4 is 27.5 Å². The summed E-state index contributed by atoms with van der Waals surface area (Å²) >= 11 is 0. The SMILES string of the molecule is NS(=O)(=O)c1ccc(CCNC(=O)C(=O)NCC(c2ccco2)N2CCN(c3ccccc3F)CC2)cc1. The van der Waals surface area contributed by atoms with Crippen LogP contribution in [0.3, 0.4) is 0 Å². The normalized spacial score (nSPS) is 15.2. The van der Waals surface area contributed by atoms with Crippen LogP contribution in [0, 0.1) is 5.82 Å². The lowest BCUT2D eigenvalue weighted by Gasteiger charge is -2.39. The van der Waals surface area contributed by atoms with Crippen molar-refractivity contribution < 1.29 is 26.8 Å². The van der Waals surface area contributed by atoms with Crippen molar-refractivity contribution in [2.45, 2.75) is 17.4 Å². The molecular weight excluding hydrogens is 513 g/mol. The molecule has 4 N–H and O–H groups in total. The summed E-state index contributed by atoms with van der Waals surface area (Å²) in [7, 11) is -3.77. The Kier molecular flexibility index (Phi) is 8.77. The number of nitrogens with zero attached hydrogens (tertiary/aromatic N) is 2. The van der Waals surface area contributed by atoms with Crippen molar-refractivity contribution in [1.29, 1.82) is 0 Å². The third-order valence-electron chi connectivity index (χ3n) is 6.43. The van der Waals surface area contributed by atoms with Gasteiger partial charge in [-0.15, -0.1) is 0 Å². The summed E-state index contributed by atoms with van der Waals surface area (Å²) in [6.45, 7) is 2.79. The van der Waals surface area contributed by atoms with Crippen molar-refractivity contribution in [3.63, 3.8) is 0 Å². The van der Waals surface area contributed by atoms with Crippen molar-refractivity contribution in [3.8, 4) is 0 Å². The van der Waals surface area contributed by atoms with Crippen molar-refractivity contribution in [2.24, 2.45) is 5.14 Å². The number of para-hydroxylation sites is 1. The van der Waals surface area contributed by atoms with Crippen LogP contribution in [0.5, 0.6) is 0 Å². The highest BCUT2D eigenvalue weighted by molar-refractivity contribution is 7.89. The van der Waals surface area contributed by atoms with Crippen LogP contribution in [0.2, 0.25) is 0 Å². The minimum atomic E-state index is -3.77. The number of hydrogen-bond donors (Lipinski definition) is 3. The molecule has 1 aromatic heterocycles. The molecule has 10 nitrogen and oxygen atoms in total. The molecule has 0 radical (unpaired) electrons. The van der Waals surface area contributed by atoms with Gasteiger partial charge in [0.05, 0.1) is 22.9 Å². The van der Waals surface area contributed by atoms with E-state index in [1.165, 1.54) is 18.2 Å². The van der Waals surface area contributed by atoms with Gasteiger partial charge in [0, 0.05) is 39.3 Å². The number of sulfonamides is 1. The van der Waals surface area contributed by atoms with Crippen LogP contribution in [-0.2, 0) is 26.0 Å². The van der Waals surface area contributed by atoms with Gasteiger partial charge in [-0.2, -0.15) is 0 Å². The van der Waals surface area contributed by atoms with Crippen LogP contribution in [-0.4, -0.2) is 64.4 Å². The van der Waals surface area contributed by atoms with E-state index in [2.05, 4.69) is 15.5 Å². The Labute approximate surface area is 220 Å². The molecule has 2 aromatic carbocycles. The average Bonchev–Trinajstić information content (AvgIpc) is 3.44. The number of nitrogens with two attached hydrogens (primary N) is 1. The third-order valence-corrected chi connectivity index (χ3v) is 7.36. The lowest BCUT2D eigenvalue weighted by atomic mass is 10.1. The van der Waals surface area contributed by atoms with Gasteiger partial charge in [-0.25, -0.2) is 17.9 Å². The summed E-state index contributed by atoms with van der Waals surface area (Å²) in [4.78, 5) is 28.9. The molecule has 0 spiro atoms. The van der Waals surface area contributed by atoms with E-state index in [1.54, 1.807) is 42.7 Å². The van der Waals surface area contributed by atoms with Gasteiger partial charge < -0.3 is 20.0 Å². The molecule has 2 heterocycles. The molecule has 0 saturated carbocycles. The van der Waals surface area contributed by atoms with Gasteiger partial charge in [0.25, 0.3) is 0 Å². The van der Waals surface area contributed by atoms with Gasteiger partial charge >= 0.3 is 11.8 Å². The minimum Gasteiger partial charge on any atom is -0.468 e. The van der Waals surface area contributed by atoms with E-state index < -0.39 is 21.8 Å². The summed E-state index contributed by atoms with van der Waals surface area (Å²) in [5, 5.41) is 10.3. The molecule has 1 aliphatic heterocycles. The van der Waals surface area contributed by atoms with Gasteiger partial charge in [0.15, 0.2) is 0 Å². The fourth-order valence-electron chi connectivity index (χ4n) is 4.39. The number of nitrogens with one attached hydrogen (secondary N) is 2. The number of furan rings is 1. The van der Waals surface area contributed by atoms with E-state index in [9.17, 15) is 22.4 Å². The standard InChI is InChI=1S/C26H30FN5O5S/c27-21-4-1-2-5-22(21)31-13-15-32(16-14-31)23(24-6-3-17-37-24)18-30-26(34)25(33)29-12-11-19-7-9-20(10-8-19)38(28,35)36/h1-10,17,23H,11-16,18H2,(H,29,33)(H,30,34)(H2,28,35,36). The van der Waals surface area contributed by atoms with Crippen molar-refractivity contribution in [2.75, 3.05) is 44.2 Å². The molecule has 202 valence electrons. The number of carbonyl (C=O) groups excluding carboxylic acids is 2. The molecule has 1 saturated heterocycles. The van der Waals surface area contributed by atoms with E-state index in [0.717, 1.165) is 5.56 Å². The number of carbonyl (C=O) groups is 2. The number of anilines is 1. The number of benzene rings is 2. The zero-order valence-electron chi connectivity index (χ0n) is 20.7. The van der Waals surface area contributed by atoms with Gasteiger partial charge in [-0.05, 0) is 48.4 Å². The molecule has 4 rings (SSSR count). The second kappa shape index (κ2) is 12.2. The Morgan fingerprint density at radius 1 is 0.947 bits per heavy atom. The van der Waals surface area contributed by atoms with E-state index in [4.69, 9.17) is 9.56 Å². The van der Waals surface area contributed by atoms with Crippen LogP contribution < -0.4 is 20.7 Å². The van der Waals surface area contributed by atoms with Crippen LogP contribution in [0.25, 0.3) is 0 Å². The highest BCUT2D eigenvalue weighted by Crippen LogP contribution is 2.25. The second-order valence-corrected chi connectivity index (χ2v) is 10.5. The maximum atomic E-state index is 14.2. The summed E-state index contributed by atoms with van der Waals surface area (Å²) in [5.74, 6) is -1.14. The first kappa shape index (κ1) is 27.3. The number of piperazine rings is 1. The first-order valence-electron chi connectivity index (χ1n) is 12.2. The zero-order chi connectivity index (χ0) is 27.1. The second-order valence-electron chi connectivity index (χ2n) is 8.91. The van der Waals surface area contributed by atoms with Crippen LogP contribution in [0.15, 0.2) is 76.2 Å². The number of halogens is 1. The molecule has 2 amide bonds. The first-order valence-corrected chi connectivity index (χ1v) is 13.7. The van der Waals surface area contributed by atoms with Gasteiger partial charge in [-0.3, -0.25) is 14.5 Å². The Bertz CT molecular complexity index is 1340. The molecule has 12 heteroatoms. The number of rotatable bonds is 9. The predicted molar refractivity (Wildman–Crippen MR) is 139 cm³/mol. The van der Waals surface area contributed by atoms with Crippen molar-refractivity contribution in [1.82, 2.24) is 15.5 Å². The van der Waals surface area contributed by atoms with Crippen LogP contribution >= 0.6 is 0 Å². The molecule has 3 aromatic rings. The highest BCUT2D eigenvalue weighted by atomic mass is 32.2. The lowest BCUT2D eigenvalue weighted by Crippen LogP contribution is -2.51. The molecule has 1 atom stereocenters. The number of amides is 2. The summed E-state index contributed by atoms with van der Waals surface area (Å²) in [5.41, 5.74) is 1.34. The molecule has 1 unspecified atom stereocenters. The predicted octanol–water partition coefficient (Wildman–Crippen LogP) is 1.40. The quantitative estimate of drug-likeness (QED) is 0.347. The average molecular weight is 544 g/mol. The number of primary sulfonamides is 1. The van der Waals surface area contributed by atoms with E-state index >= 15 is 0 Å². The highest BCUT2D eigenvalue weighted by Gasteiger charge is 2.28. The first-order chi connectivity index (χ1) is 18.2. The Hall–Kier alpha value is -3.74. The molecule has 1 aliphatic rings.